The number of anilines is 1. The molecule has 1 saturated carbocycles. The molecule has 0 bridgehead atoms. The summed E-state index contributed by atoms with van der Waals surface area (Å²) in [6.45, 7) is 0. The lowest BCUT2D eigenvalue weighted by Crippen LogP contribution is -2.33. The van der Waals surface area contributed by atoms with E-state index >= 15 is 0 Å². The third-order valence-corrected chi connectivity index (χ3v) is 4.06. The molecule has 0 N–H and O–H groups in total. The summed E-state index contributed by atoms with van der Waals surface area (Å²) in [5.74, 6) is -0.0904. The van der Waals surface area contributed by atoms with Crippen LogP contribution in [0, 0.1) is 0 Å². The van der Waals surface area contributed by atoms with Gasteiger partial charge in [0.25, 0.3) is 5.91 Å². The van der Waals surface area contributed by atoms with Crippen molar-refractivity contribution in [2.45, 2.75) is 18.4 Å². The van der Waals surface area contributed by atoms with Crippen LogP contribution in [0.2, 0.25) is 0 Å². The molecule has 0 unspecified atom stereocenters. The quantitative estimate of drug-likeness (QED) is 0.746. The van der Waals surface area contributed by atoms with Crippen molar-refractivity contribution in [3.8, 4) is 0 Å². The zero-order valence-electron chi connectivity index (χ0n) is 9.31. The van der Waals surface area contributed by atoms with E-state index in [2.05, 4.69) is 15.9 Å². The van der Waals surface area contributed by atoms with Crippen molar-refractivity contribution in [2.75, 3.05) is 11.9 Å². The number of hydrogen-bond acceptors (Lipinski definition) is 2. The fourth-order valence-corrected chi connectivity index (χ4v) is 2.52. The number of benzene rings is 1. The average molecular weight is 295 g/mol. The molecule has 4 nitrogen and oxygen atoms in total. The van der Waals surface area contributed by atoms with Crippen LogP contribution in [0.1, 0.15) is 12.8 Å². The Morgan fingerprint density at radius 3 is 2.24 bits per heavy atom. The van der Waals surface area contributed by atoms with Crippen molar-refractivity contribution in [3.05, 3.63) is 28.7 Å². The van der Waals surface area contributed by atoms with Crippen molar-refractivity contribution < 1.29 is 9.59 Å². The maximum atomic E-state index is 12.2. The molecule has 1 aromatic carbocycles. The molecule has 1 spiro atoms. The summed E-state index contributed by atoms with van der Waals surface area (Å²) in [6, 6.07) is 6.97. The van der Waals surface area contributed by atoms with Crippen LogP contribution in [0.3, 0.4) is 0 Å². The zero-order valence-corrected chi connectivity index (χ0v) is 10.9. The van der Waals surface area contributed by atoms with Crippen LogP contribution in [-0.4, -0.2) is 29.4 Å². The molecule has 3 rings (SSSR count). The molecule has 0 atom stereocenters. The molecule has 2 aliphatic rings. The maximum Gasteiger partial charge on any atom is 0.332 e. The number of halogens is 1. The number of nitrogens with zero attached hydrogens (tertiary/aromatic N) is 2. The SMILES string of the molecule is CN1C(=O)N(c2ccc(Br)cc2)C(=O)C12CC2. The first-order chi connectivity index (χ1) is 8.06. The first kappa shape index (κ1) is 10.8. The molecule has 0 aromatic heterocycles. The Morgan fingerprint density at radius 1 is 1.18 bits per heavy atom. The minimum absolute atomic E-state index is 0.0904. The van der Waals surface area contributed by atoms with E-state index < -0.39 is 5.54 Å². The second-order valence-electron chi connectivity index (χ2n) is 4.49. The molecular formula is C12H11BrN2O2. The highest BCUT2D eigenvalue weighted by Crippen LogP contribution is 2.48. The molecule has 1 heterocycles. The van der Waals surface area contributed by atoms with Crippen LogP contribution >= 0.6 is 15.9 Å². The van der Waals surface area contributed by atoms with Crippen LogP contribution in [0.15, 0.2) is 28.7 Å². The summed E-state index contributed by atoms with van der Waals surface area (Å²) >= 11 is 3.33. The molecule has 1 aliphatic carbocycles. The monoisotopic (exact) mass is 294 g/mol. The number of amides is 3. The van der Waals surface area contributed by atoms with E-state index in [9.17, 15) is 9.59 Å². The molecule has 0 radical (unpaired) electrons. The third-order valence-electron chi connectivity index (χ3n) is 3.53. The van der Waals surface area contributed by atoms with E-state index in [0.717, 1.165) is 17.3 Å². The lowest BCUT2D eigenvalue weighted by molar-refractivity contribution is -0.120. The van der Waals surface area contributed by atoms with E-state index in [1.54, 1.807) is 24.1 Å². The number of carbonyl (C=O) groups excluding carboxylic acids is 2. The molecule has 17 heavy (non-hydrogen) atoms. The summed E-state index contributed by atoms with van der Waals surface area (Å²) in [5.41, 5.74) is 0.100. The summed E-state index contributed by atoms with van der Waals surface area (Å²) in [7, 11) is 1.70. The van der Waals surface area contributed by atoms with Gasteiger partial charge in [0.05, 0.1) is 5.69 Å². The van der Waals surface area contributed by atoms with E-state index in [-0.39, 0.29) is 11.9 Å². The molecule has 5 heteroatoms. The average Bonchev–Trinajstić information content (AvgIpc) is 3.09. The normalized spacial score (nSPS) is 21.5. The fourth-order valence-electron chi connectivity index (χ4n) is 2.26. The van der Waals surface area contributed by atoms with Gasteiger partial charge in [-0.05, 0) is 37.1 Å². The van der Waals surface area contributed by atoms with Gasteiger partial charge >= 0.3 is 6.03 Å². The molecule has 1 aromatic rings. The Labute approximate surface area is 107 Å². The topological polar surface area (TPSA) is 40.6 Å². The number of urea groups is 1. The van der Waals surface area contributed by atoms with Gasteiger partial charge in [0.15, 0.2) is 0 Å². The van der Waals surface area contributed by atoms with Crippen LogP contribution in [0.4, 0.5) is 10.5 Å². The third kappa shape index (κ3) is 1.35. The standard InChI is InChI=1S/C12H11BrN2O2/c1-14-11(17)15(10(16)12(14)6-7-12)9-4-2-8(13)3-5-9/h2-5H,6-7H2,1H3. The van der Waals surface area contributed by atoms with Crippen molar-refractivity contribution >= 4 is 33.6 Å². The molecule has 2 fully saturated rings. The van der Waals surface area contributed by atoms with Crippen LogP contribution in [0.25, 0.3) is 0 Å². The first-order valence-corrected chi connectivity index (χ1v) is 6.23. The first-order valence-electron chi connectivity index (χ1n) is 5.44. The van der Waals surface area contributed by atoms with Gasteiger partial charge in [0.1, 0.15) is 5.54 Å². The number of imide groups is 1. The van der Waals surface area contributed by atoms with Gasteiger partial charge in [-0.3, -0.25) is 4.79 Å². The second kappa shape index (κ2) is 3.32. The summed E-state index contributed by atoms with van der Waals surface area (Å²) in [5, 5.41) is 0. The Bertz CT molecular complexity index is 508. The van der Waals surface area contributed by atoms with E-state index in [4.69, 9.17) is 0 Å². The minimum atomic E-state index is -0.538. The highest BCUT2D eigenvalue weighted by molar-refractivity contribution is 9.10. The van der Waals surface area contributed by atoms with Gasteiger partial charge in [-0.2, -0.15) is 0 Å². The van der Waals surface area contributed by atoms with Crippen LogP contribution in [0.5, 0.6) is 0 Å². The zero-order chi connectivity index (χ0) is 12.2. The number of likely N-dealkylation sites (N-methyl/N-ethyl adjacent to an activating group) is 1. The molecular weight excluding hydrogens is 284 g/mol. The number of hydrogen-bond donors (Lipinski definition) is 0. The minimum Gasteiger partial charge on any atom is -0.312 e. The maximum absolute atomic E-state index is 12.2. The van der Waals surface area contributed by atoms with Gasteiger partial charge in [-0.25, -0.2) is 9.69 Å². The van der Waals surface area contributed by atoms with Crippen molar-refractivity contribution in [3.63, 3.8) is 0 Å². The lowest BCUT2D eigenvalue weighted by atomic mass is 10.2. The van der Waals surface area contributed by atoms with Gasteiger partial charge < -0.3 is 4.90 Å². The number of carbonyl (C=O) groups is 2. The Hall–Kier alpha value is -1.36. The van der Waals surface area contributed by atoms with E-state index in [1.807, 2.05) is 12.1 Å². The highest BCUT2D eigenvalue weighted by Gasteiger charge is 2.63. The molecule has 88 valence electrons. The molecule has 3 amide bonds. The Balaban J connectivity index is 2.01. The highest BCUT2D eigenvalue weighted by atomic mass is 79.9. The van der Waals surface area contributed by atoms with Gasteiger partial charge in [0.2, 0.25) is 0 Å². The van der Waals surface area contributed by atoms with E-state index in [1.165, 1.54) is 4.90 Å². The Kier molecular flexibility index (Phi) is 2.10. The van der Waals surface area contributed by atoms with Gasteiger partial charge in [0, 0.05) is 11.5 Å². The lowest BCUT2D eigenvalue weighted by Gasteiger charge is -2.14. The molecule has 1 aliphatic heterocycles. The van der Waals surface area contributed by atoms with Crippen LogP contribution < -0.4 is 4.90 Å². The summed E-state index contributed by atoms with van der Waals surface area (Å²) < 4.78 is 0.926. The van der Waals surface area contributed by atoms with E-state index in [0.29, 0.717) is 5.69 Å². The predicted octanol–water partition coefficient (Wildman–Crippen LogP) is 2.38. The van der Waals surface area contributed by atoms with Crippen molar-refractivity contribution in [1.29, 1.82) is 0 Å². The van der Waals surface area contributed by atoms with Gasteiger partial charge in [-0.15, -0.1) is 0 Å². The smallest absolute Gasteiger partial charge is 0.312 e. The second-order valence-corrected chi connectivity index (χ2v) is 5.41. The van der Waals surface area contributed by atoms with Crippen molar-refractivity contribution in [1.82, 2.24) is 4.90 Å². The fraction of sp³-hybridized carbons (Fsp3) is 0.333. The summed E-state index contributed by atoms with van der Waals surface area (Å²) in [4.78, 5) is 27.2. The Morgan fingerprint density at radius 2 is 1.76 bits per heavy atom. The predicted molar refractivity (Wildman–Crippen MR) is 66.8 cm³/mol. The number of rotatable bonds is 1. The summed E-state index contributed by atoms with van der Waals surface area (Å²) in [6.07, 6.45) is 1.56. The largest absolute Gasteiger partial charge is 0.332 e. The van der Waals surface area contributed by atoms with Crippen LogP contribution in [-0.2, 0) is 4.79 Å². The molecule has 1 saturated heterocycles. The van der Waals surface area contributed by atoms with Crippen molar-refractivity contribution in [2.24, 2.45) is 0 Å². The van der Waals surface area contributed by atoms with Gasteiger partial charge in [-0.1, -0.05) is 15.9 Å².